The third-order valence-electron chi connectivity index (χ3n) is 1.22. The van der Waals surface area contributed by atoms with Crippen molar-refractivity contribution in [1.82, 2.24) is 0 Å². The van der Waals surface area contributed by atoms with E-state index in [9.17, 15) is 9.59 Å². The zero-order valence-electron chi connectivity index (χ0n) is 5.70. The van der Waals surface area contributed by atoms with Crippen molar-refractivity contribution in [2.75, 3.05) is 0 Å². The van der Waals surface area contributed by atoms with Crippen molar-refractivity contribution in [1.29, 1.82) is 0 Å². The van der Waals surface area contributed by atoms with Crippen molar-refractivity contribution < 1.29 is 26.7 Å². The predicted octanol–water partition coefficient (Wildman–Crippen LogP) is 0.798. The molecule has 0 fully saturated rings. The predicted molar refractivity (Wildman–Crippen MR) is 30.5 cm³/mol. The van der Waals surface area contributed by atoms with E-state index in [1.165, 1.54) is 13.8 Å². The zero-order valence-corrected chi connectivity index (χ0v) is 6.64. The Balaban J connectivity index is 0. The second-order valence-corrected chi connectivity index (χ2v) is 1.94. The molecule has 0 aromatic heterocycles. The van der Waals surface area contributed by atoms with Crippen molar-refractivity contribution in [2.24, 2.45) is 5.92 Å². The summed E-state index contributed by atoms with van der Waals surface area (Å²) < 4.78 is 0. The van der Waals surface area contributed by atoms with Gasteiger partial charge in [-0.3, -0.25) is 9.59 Å². The summed E-state index contributed by atoms with van der Waals surface area (Å²) in [6.45, 7) is 4.46. The first-order chi connectivity index (χ1) is 3.55. The van der Waals surface area contributed by atoms with Gasteiger partial charge in [0.05, 0.1) is 5.92 Å². The first kappa shape index (κ1) is 11.6. The van der Waals surface area contributed by atoms with Crippen molar-refractivity contribution >= 4 is 11.6 Å². The van der Waals surface area contributed by atoms with Crippen LogP contribution in [0.1, 0.15) is 20.8 Å². The first-order valence-electron chi connectivity index (χ1n) is 2.56. The summed E-state index contributed by atoms with van der Waals surface area (Å²) in [4.78, 5) is 20.7. The second-order valence-electron chi connectivity index (χ2n) is 1.94. The Morgan fingerprint density at radius 1 is 1.11 bits per heavy atom. The van der Waals surface area contributed by atoms with E-state index in [4.69, 9.17) is 0 Å². The molecule has 0 atom stereocenters. The number of Topliss-reactive ketones (excluding diaryl/α,β-unsaturated/α-hetero) is 2. The van der Waals surface area contributed by atoms with Crippen LogP contribution >= 0.6 is 0 Å². The molecule has 0 aliphatic rings. The molecule has 0 aromatic carbocycles. The molecule has 0 aliphatic carbocycles. The van der Waals surface area contributed by atoms with Crippen LogP contribution in [0.2, 0.25) is 0 Å². The smallest absolute Gasteiger partial charge is 0.299 e. The van der Waals surface area contributed by atoms with E-state index in [0.29, 0.717) is 0 Å². The SMILES string of the molecule is CC(=O)C(C)C(C)=O.[Cu+2]. The van der Waals surface area contributed by atoms with Crippen LogP contribution in [0.15, 0.2) is 0 Å². The molecule has 0 aromatic rings. The molecule has 0 N–H and O–H groups in total. The molecular formula is C6H10CuO2+2. The largest absolute Gasteiger partial charge is 2.00 e. The third kappa shape index (κ3) is 4.37. The molecule has 1 radical (unpaired) electrons. The second kappa shape index (κ2) is 4.71. The topological polar surface area (TPSA) is 34.1 Å². The Hall–Kier alpha value is -0.141. The van der Waals surface area contributed by atoms with E-state index in [0.717, 1.165) is 0 Å². The fourth-order valence-electron chi connectivity index (χ4n) is 0.286. The van der Waals surface area contributed by atoms with Crippen LogP contribution < -0.4 is 0 Å². The fraction of sp³-hybridized carbons (Fsp3) is 0.667. The van der Waals surface area contributed by atoms with Crippen LogP contribution in [0.25, 0.3) is 0 Å². The Bertz CT molecular complexity index is 106. The Kier molecular flexibility index (Phi) is 6.09. The summed E-state index contributed by atoms with van der Waals surface area (Å²) in [6, 6.07) is 0. The van der Waals surface area contributed by atoms with Crippen LogP contribution in [0.3, 0.4) is 0 Å². The number of ketones is 2. The van der Waals surface area contributed by atoms with Crippen LogP contribution in [0.4, 0.5) is 0 Å². The number of carbonyl (C=O) groups is 2. The molecule has 0 aliphatic heterocycles. The van der Waals surface area contributed by atoms with Gasteiger partial charge < -0.3 is 0 Å². The van der Waals surface area contributed by atoms with Gasteiger partial charge in [0, 0.05) is 0 Å². The molecular weight excluding hydrogens is 168 g/mol. The normalized spacial score (nSPS) is 8.44. The molecule has 9 heavy (non-hydrogen) atoms. The summed E-state index contributed by atoms with van der Waals surface area (Å²) in [6.07, 6.45) is 0. The van der Waals surface area contributed by atoms with E-state index in [-0.39, 0.29) is 28.6 Å². The summed E-state index contributed by atoms with van der Waals surface area (Å²) in [5, 5.41) is 0. The fourth-order valence-corrected chi connectivity index (χ4v) is 0.286. The molecule has 0 rings (SSSR count). The minimum atomic E-state index is -0.407. The van der Waals surface area contributed by atoms with Crippen molar-refractivity contribution in [3.8, 4) is 0 Å². The molecule has 0 bridgehead atoms. The van der Waals surface area contributed by atoms with Gasteiger partial charge in [-0.2, -0.15) is 0 Å². The van der Waals surface area contributed by atoms with Crippen LogP contribution in [-0.2, 0) is 26.7 Å². The van der Waals surface area contributed by atoms with Crippen LogP contribution in [0, 0.1) is 5.92 Å². The summed E-state index contributed by atoms with van der Waals surface area (Å²) >= 11 is 0. The monoisotopic (exact) mass is 177 g/mol. The van der Waals surface area contributed by atoms with Crippen molar-refractivity contribution in [3.05, 3.63) is 0 Å². The maximum atomic E-state index is 10.4. The molecule has 0 saturated heterocycles. The number of rotatable bonds is 2. The number of carbonyl (C=O) groups excluding carboxylic acids is 2. The van der Waals surface area contributed by atoms with E-state index in [1.807, 2.05) is 0 Å². The van der Waals surface area contributed by atoms with Crippen LogP contribution in [-0.4, -0.2) is 11.6 Å². The Morgan fingerprint density at radius 2 is 1.33 bits per heavy atom. The molecule has 0 saturated carbocycles. The molecule has 55 valence electrons. The van der Waals surface area contributed by atoms with Crippen molar-refractivity contribution in [2.45, 2.75) is 20.8 Å². The third-order valence-corrected chi connectivity index (χ3v) is 1.22. The average Bonchev–Trinajstić information content (AvgIpc) is 1.64. The maximum Gasteiger partial charge on any atom is 2.00 e. The summed E-state index contributed by atoms with van der Waals surface area (Å²) in [7, 11) is 0. The van der Waals surface area contributed by atoms with Gasteiger partial charge in [0.2, 0.25) is 0 Å². The number of hydrogen-bond donors (Lipinski definition) is 0. The molecule has 0 amide bonds. The van der Waals surface area contributed by atoms with Gasteiger partial charge in [0.1, 0.15) is 11.6 Å². The summed E-state index contributed by atoms with van der Waals surface area (Å²) in [5.41, 5.74) is 0. The molecule has 0 unspecified atom stereocenters. The zero-order chi connectivity index (χ0) is 6.73. The quantitative estimate of drug-likeness (QED) is 0.462. The number of hydrogen-bond acceptors (Lipinski definition) is 2. The Labute approximate surface area is 65.5 Å². The van der Waals surface area contributed by atoms with Gasteiger partial charge in [-0.25, -0.2) is 0 Å². The maximum absolute atomic E-state index is 10.4. The van der Waals surface area contributed by atoms with E-state index >= 15 is 0 Å². The molecule has 0 spiro atoms. The Morgan fingerprint density at radius 3 is 1.33 bits per heavy atom. The van der Waals surface area contributed by atoms with Gasteiger partial charge >= 0.3 is 17.1 Å². The van der Waals surface area contributed by atoms with Crippen LogP contribution in [0.5, 0.6) is 0 Å². The average molecular weight is 178 g/mol. The van der Waals surface area contributed by atoms with E-state index in [1.54, 1.807) is 6.92 Å². The van der Waals surface area contributed by atoms with Gasteiger partial charge in [-0.1, -0.05) is 0 Å². The van der Waals surface area contributed by atoms with E-state index in [2.05, 4.69) is 0 Å². The summed E-state index contributed by atoms with van der Waals surface area (Å²) in [5.74, 6) is -0.523. The first-order valence-corrected chi connectivity index (χ1v) is 2.56. The van der Waals surface area contributed by atoms with Crippen molar-refractivity contribution in [3.63, 3.8) is 0 Å². The minimum absolute atomic E-state index is 0. The molecule has 3 heteroatoms. The standard InChI is InChI=1S/C6H10O2.Cu/c1-4(5(2)7)6(3)8;/h4H,1-3H3;/q;+2. The molecule has 0 heterocycles. The van der Waals surface area contributed by atoms with Gasteiger partial charge in [0.15, 0.2) is 0 Å². The van der Waals surface area contributed by atoms with E-state index < -0.39 is 5.92 Å². The van der Waals surface area contributed by atoms with Gasteiger partial charge in [0.25, 0.3) is 0 Å². The van der Waals surface area contributed by atoms with Gasteiger partial charge in [-0.15, -0.1) is 0 Å². The molecule has 2 nitrogen and oxygen atoms in total. The van der Waals surface area contributed by atoms with Gasteiger partial charge in [-0.05, 0) is 20.8 Å². The minimum Gasteiger partial charge on any atom is -0.299 e.